The number of hydrogen-bond donors (Lipinski definition) is 2. The lowest BCUT2D eigenvalue weighted by atomic mass is 9.84. The van der Waals surface area contributed by atoms with E-state index in [0.29, 0.717) is 25.6 Å². The number of aromatic nitrogens is 3. The minimum absolute atomic E-state index is 0. The van der Waals surface area contributed by atoms with Crippen molar-refractivity contribution in [2.24, 2.45) is 12.0 Å². The molecule has 1 aromatic heterocycles. The van der Waals surface area contributed by atoms with E-state index in [1.807, 2.05) is 30.7 Å². The third-order valence-corrected chi connectivity index (χ3v) is 4.52. The zero-order valence-electron chi connectivity index (χ0n) is 17.3. The molecule has 0 saturated heterocycles. The van der Waals surface area contributed by atoms with E-state index in [4.69, 9.17) is 4.74 Å². The molecular weight excluding hydrogens is 467 g/mol. The van der Waals surface area contributed by atoms with E-state index >= 15 is 0 Å². The molecule has 0 amide bonds. The molecule has 2 aromatic rings. The second kappa shape index (κ2) is 11.0. The molecule has 0 fully saturated rings. The summed E-state index contributed by atoms with van der Waals surface area (Å²) in [5.74, 6) is 3.26. The van der Waals surface area contributed by atoms with E-state index in [9.17, 15) is 0 Å². The zero-order chi connectivity index (χ0) is 19.9. The van der Waals surface area contributed by atoms with Gasteiger partial charge in [0.2, 0.25) is 0 Å². The molecule has 0 aliphatic heterocycles. The summed E-state index contributed by atoms with van der Waals surface area (Å²) in [7, 11) is 3.62. The number of aliphatic imine (C=N–C) groups is 1. The number of halogens is 1. The van der Waals surface area contributed by atoms with Crippen LogP contribution in [0, 0.1) is 6.92 Å². The molecule has 8 heteroatoms. The third-order valence-electron chi connectivity index (χ3n) is 4.52. The average molecular weight is 498 g/mol. The predicted octanol–water partition coefficient (Wildman–Crippen LogP) is 2.95. The number of guanidine groups is 1. The van der Waals surface area contributed by atoms with Gasteiger partial charge in [-0.3, -0.25) is 0 Å². The van der Waals surface area contributed by atoms with Crippen LogP contribution in [0.4, 0.5) is 0 Å². The number of nitrogens with one attached hydrogen (secondary N) is 2. The summed E-state index contributed by atoms with van der Waals surface area (Å²) in [5.41, 5.74) is 1.09. The van der Waals surface area contributed by atoms with Gasteiger partial charge in [-0.2, -0.15) is 0 Å². The second-order valence-corrected chi connectivity index (χ2v) is 7.03. The van der Waals surface area contributed by atoms with Crippen LogP contribution in [-0.4, -0.2) is 40.9 Å². The van der Waals surface area contributed by atoms with Crippen molar-refractivity contribution in [2.75, 3.05) is 20.2 Å². The Bertz CT molecular complexity index is 800. The van der Waals surface area contributed by atoms with Crippen molar-refractivity contribution in [3.05, 3.63) is 54.1 Å². The predicted molar refractivity (Wildman–Crippen MR) is 125 cm³/mol. The standard InChI is InChI=1S/C20H30N6O.HI/c1-7-11-21-19(22-13-18-25-24-15(2)26(18)5)23-14-20(3,4)16-9-8-10-17(12-16)27-6;/h7-10,12H,1,11,13-14H2,2-6H3,(H2,21,22,23);1H. The Labute approximate surface area is 184 Å². The quantitative estimate of drug-likeness (QED) is 0.253. The molecule has 2 rings (SSSR count). The topological polar surface area (TPSA) is 76.4 Å². The molecule has 0 bridgehead atoms. The van der Waals surface area contributed by atoms with E-state index in [0.717, 1.165) is 17.4 Å². The first-order chi connectivity index (χ1) is 12.9. The van der Waals surface area contributed by atoms with Gasteiger partial charge in [-0.15, -0.1) is 40.8 Å². The molecule has 0 saturated carbocycles. The molecule has 0 aliphatic carbocycles. The number of methoxy groups -OCH3 is 1. The highest BCUT2D eigenvalue weighted by molar-refractivity contribution is 14.0. The lowest BCUT2D eigenvalue weighted by molar-refractivity contribution is 0.411. The maximum atomic E-state index is 5.35. The van der Waals surface area contributed by atoms with Gasteiger partial charge in [-0.05, 0) is 24.6 Å². The number of hydrogen-bond acceptors (Lipinski definition) is 4. The van der Waals surface area contributed by atoms with Crippen LogP contribution >= 0.6 is 24.0 Å². The van der Waals surface area contributed by atoms with E-state index < -0.39 is 0 Å². The van der Waals surface area contributed by atoms with Crippen molar-refractivity contribution in [3.8, 4) is 5.75 Å². The minimum Gasteiger partial charge on any atom is -0.497 e. The first-order valence-electron chi connectivity index (χ1n) is 9.00. The van der Waals surface area contributed by atoms with Gasteiger partial charge >= 0.3 is 0 Å². The van der Waals surface area contributed by atoms with Gasteiger partial charge < -0.3 is 19.9 Å². The summed E-state index contributed by atoms with van der Waals surface area (Å²) in [6.07, 6.45) is 1.80. The maximum Gasteiger partial charge on any atom is 0.191 e. The van der Waals surface area contributed by atoms with Gasteiger partial charge in [-0.1, -0.05) is 32.1 Å². The average Bonchev–Trinajstić information content (AvgIpc) is 2.99. The molecule has 28 heavy (non-hydrogen) atoms. The highest BCUT2D eigenvalue weighted by Gasteiger charge is 2.21. The first-order valence-corrected chi connectivity index (χ1v) is 9.00. The van der Waals surface area contributed by atoms with Crippen molar-refractivity contribution in [1.82, 2.24) is 25.4 Å². The van der Waals surface area contributed by atoms with Crippen molar-refractivity contribution in [2.45, 2.75) is 32.7 Å². The molecule has 7 nitrogen and oxygen atoms in total. The maximum absolute atomic E-state index is 5.35. The Balaban J connectivity index is 0.00000392. The van der Waals surface area contributed by atoms with Gasteiger partial charge in [0.05, 0.1) is 7.11 Å². The summed E-state index contributed by atoms with van der Waals surface area (Å²) in [5, 5.41) is 14.9. The smallest absolute Gasteiger partial charge is 0.191 e. The number of rotatable bonds is 8. The molecule has 154 valence electrons. The summed E-state index contributed by atoms with van der Waals surface area (Å²) in [6, 6.07) is 8.14. The van der Waals surface area contributed by atoms with Crippen LogP contribution in [0.2, 0.25) is 0 Å². The monoisotopic (exact) mass is 498 g/mol. The van der Waals surface area contributed by atoms with Crippen LogP contribution in [0.15, 0.2) is 41.9 Å². The third kappa shape index (κ3) is 6.50. The van der Waals surface area contributed by atoms with E-state index in [-0.39, 0.29) is 29.4 Å². The lowest BCUT2D eigenvalue weighted by Crippen LogP contribution is -2.43. The molecule has 0 aliphatic rings. The largest absolute Gasteiger partial charge is 0.497 e. The van der Waals surface area contributed by atoms with Gasteiger partial charge in [0.1, 0.15) is 18.1 Å². The van der Waals surface area contributed by atoms with Gasteiger partial charge in [0, 0.05) is 25.6 Å². The molecular formula is C20H31IN6O. The fourth-order valence-corrected chi connectivity index (χ4v) is 2.53. The Morgan fingerprint density at radius 3 is 2.68 bits per heavy atom. The summed E-state index contributed by atoms with van der Waals surface area (Å²) in [6.45, 7) is 11.8. The zero-order valence-corrected chi connectivity index (χ0v) is 19.7. The Morgan fingerprint density at radius 1 is 1.32 bits per heavy atom. The SMILES string of the molecule is C=CCNC(=NCc1nnc(C)n1C)NCC(C)(C)c1cccc(OC)c1.I. The van der Waals surface area contributed by atoms with Crippen molar-refractivity contribution >= 4 is 29.9 Å². The molecule has 0 spiro atoms. The highest BCUT2D eigenvalue weighted by Crippen LogP contribution is 2.25. The summed E-state index contributed by atoms with van der Waals surface area (Å²) in [4.78, 5) is 4.63. The second-order valence-electron chi connectivity index (χ2n) is 7.03. The minimum atomic E-state index is -0.105. The highest BCUT2D eigenvalue weighted by atomic mass is 127. The lowest BCUT2D eigenvalue weighted by Gasteiger charge is -2.27. The fraction of sp³-hybridized carbons (Fsp3) is 0.450. The van der Waals surface area contributed by atoms with Crippen molar-refractivity contribution in [1.29, 1.82) is 0 Å². The number of ether oxygens (including phenoxy) is 1. The summed E-state index contributed by atoms with van der Waals surface area (Å²) >= 11 is 0. The Hall–Kier alpha value is -2.10. The first kappa shape index (κ1) is 23.9. The fourth-order valence-electron chi connectivity index (χ4n) is 2.53. The number of nitrogens with zero attached hydrogens (tertiary/aromatic N) is 4. The van der Waals surface area contributed by atoms with E-state index in [1.54, 1.807) is 13.2 Å². The molecule has 1 heterocycles. The van der Waals surface area contributed by atoms with Crippen LogP contribution in [-0.2, 0) is 19.0 Å². The normalized spacial score (nSPS) is 11.5. The van der Waals surface area contributed by atoms with Crippen LogP contribution < -0.4 is 15.4 Å². The molecule has 0 atom stereocenters. The van der Waals surface area contributed by atoms with E-state index in [2.05, 4.69) is 58.4 Å². The molecule has 1 aromatic carbocycles. The number of aryl methyl sites for hydroxylation is 1. The van der Waals surface area contributed by atoms with Gasteiger partial charge in [0.15, 0.2) is 11.8 Å². The van der Waals surface area contributed by atoms with Crippen LogP contribution in [0.1, 0.15) is 31.1 Å². The van der Waals surface area contributed by atoms with Crippen molar-refractivity contribution < 1.29 is 4.74 Å². The van der Waals surface area contributed by atoms with E-state index in [1.165, 1.54) is 5.56 Å². The number of benzene rings is 1. The van der Waals surface area contributed by atoms with Crippen LogP contribution in [0.5, 0.6) is 5.75 Å². The van der Waals surface area contributed by atoms with Crippen LogP contribution in [0.3, 0.4) is 0 Å². The Kier molecular flexibility index (Phi) is 9.44. The molecule has 0 radical (unpaired) electrons. The van der Waals surface area contributed by atoms with Crippen molar-refractivity contribution in [3.63, 3.8) is 0 Å². The van der Waals surface area contributed by atoms with Crippen LogP contribution in [0.25, 0.3) is 0 Å². The molecule has 0 unspecified atom stereocenters. The van der Waals surface area contributed by atoms with Gasteiger partial charge in [-0.25, -0.2) is 4.99 Å². The summed E-state index contributed by atoms with van der Waals surface area (Å²) < 4.78 is 7.29. The molecule has 2 N–H and O–H groups in total. The van der Waals surface area contributed by atoms with Gasteiger partial charge in [0.25, 0.3) is 0 Å². The Morgan fingerprint density at radius 2 is 2.07 bits per heavy atom.